The van der Waals surface area contributed by atoms with Crippen molar-refractivity contribution in [3.05, 3.63) is 0 Å². The maximum absolute atomic E-state index is 11.6. The third kappa shape index (κ3) is 2.36. The molecule has 2 atom stereocenters. The molecule has 0 aliphatic carbocycles. The molecule has 1 amide bonds. The lowest BCUT2D eigenvalue weighted by molar-refractivity contribution is -0.123. The second-order valence-corrected chi connectivity index (χ2v) is 4.50. The van der Waals surface area contributed by atoms with Gasteiger partial charge in [0.1, 0.15) is 0 Å². The van der Waals surface area contributed by atoms with Crippen LogP contribution < -0.4 is 16.0 Å². The Labute approximate surface area is 82.2 Å². The molecule has 0 spiro atoms. The smallest absolute Gasteiger partial charge is 0.238 e. The number of hydrogen-bond acceptors (Lipinski definition) is 4. The van der Waals surface area contributed by atoms with Gasteiger partial charge in [-0.25, -0.2) is 0 Å². The minimum atomic E-state index is 0.0330. The summed E-state index contributed by atoms with van der Waals surface area (Å²) in [5.41, 5.74) is 0. The molecule has 5 heteroatoms. The first-order valence-electron chi connectivity index (χ1n) is 4.68. The van der Waals surface area contributed by atoms with Crippen LogP contribution in [0.1, 0.15) is 6.42 Å². The molecule has 2 aliphatic heterocycles. The quantitative estimate of drug-likeness (QED) is 0.543. The largest absolute Gasteiger partial charge is 0.351 e. The molecule has 0 aromatic heterocycles. The van der Waals surface area contributed by atoms with E-state index in [1.165, 1.54) is 0 Å². The number of hydrogen-bond donors (Lipinski definition) is 3. The van der Waals surface area contributed by atoms with Crippen LogP contribution in [0, 0.1) is 0 Å². The van der Waals surface area contributed by atoms with E-state index in [0.29, 0.717) is 6.04 Å². The van der Waals surface area contributed by atoms with Crippen molar-refractivity contribution in [3.8, 4) is 0 Å². The van der Waals surface area contributed by atoms with Crippen molar-refractivity contribution in [2.45, 2.75) is 18.5 Å². The normalized spacial score (nSPS) is 33.5. The van der Waals surface area contributed by atoms with Crippen molar-refractivity contribution in [3.63, 3.8) is 0 Å². The van der Waals surface area contributed by atoms with E-state index >= 15 is 0 Å². The molecule has 1 unspecified atom stereocenters. The molecule has 2 rings (SSSR count). The van der Waals surface area contributed by atoms with Gasteiger partial charge in [0.15, 0.2) is 0 Å². The van der Waals surface area contributed by atoms with Crippen LogP contribution in [0.15, 0.2) is 0 Å². The summed E-state index contributed by atoms with van der Waals surface area (Å²) >= 11 is 1.78. The topological polar surface area (TPSA) is 53.2 Å². The zero-order valence-electron chi connectivity index (χ0n) is 7.51. The maximum atomic E-state index is 11.6. The molecule has 0 radical (unpaired) electrons. The van der Waals surface area contributed by atoms with Crippen LogP contribution in [-0.2, 0) is 4.79 Å². The van der Waals surface area contributed by atoms with Gasteiger partial charge in [-0.3, -0.25) is 10.1 Å². The van der Waals surface area contributed by atoms with Gasteiger partial charge in [-0.1, -0.05) is 0 Å². The van der Waals surface area contributed by atoms with Crippen LogP contribution in [0.3, 0.4) is 0 Å². The molecule has 0 saturated carbocycles. The summed E-state index contributed by atoms with van der Waals surface area (Å²) in [6.07, 6.45) is 1.06. The number of amides is 1. The summed E-state index contributed by atoms with van der Waals surface area (Å²) in [7, 11) is 0. The standard InChI is InChI=1S/C8H15N3OS/c12-8(7-4-13-5-10-7)11-6-1-2-9-3-6/h6-7,9-10H,1-5H2,(H,11,12)/t6?,7-/m1/s1. The molecule has 0 aromatic rings. The number of carbonyl (C=O) groups excluding carboxylic acids is 1. The van der Waals surface area contributed by atoms with E-state index in [1.807, 2.05) is 0 Å². The zero-order chi connectivity index (χ0) is 9.10. The lowest BCUT2D eigenvalue weighted by Gasteiger charge is -2.14. The van der Waals surface area contributed by atoms with Gasteiger partial charge >= 0.3 is 0 Å². The highest BCUT2D eigenvalue weighted by Gasteiger charge is 2.25. The van der Waals surface area contributed by atoms with Crippen LogP contribution in [0.4, 0.5) is 0 Å². The fraction of sp³-hybridized carbons (Fsp3) is 0.875. The number of thioether (sulfide) groups is 1. The first-order valence-corrected chi connectivity index (χ1v) is 5.84. The van der Waals surface area contributed by atoms with E-state index in [-0.39, 0.29) is 11.9 Å². The van der Waals surface area contributed by atoms with Gasteiger partial charge in [0.25, 0.3) is 0 Å². The summed E-state index contributed by atoms with van der Waals surface area (Å²) in [4.78, 5) is 11.6. The van der Waals surface area contributed by atoms with Gasteiger partial charge < -0.3 is 10.6 Å². The van der Waals surface area contributed by atoms with Gasteiger partial charge in [-0.05, 0) is 13.0 Å². The minimum Gasteiger partial charge on any atom is -0.351 e. The highest BCUT2D eigenvalue weighted by atomic mass is 32.2. The van der Waals surface area contributed by atoms with E-state index < -0.39 is 0 Å². The predicted octanol–water partition coefficient (Wildman–Crippen LogP) is -0.873. The summed E-state index contributed by atoms with van der Waals surface area (Å²) < 4.78 is 0. The molecule has 2 fully saturated rings. The fourth-order valence-electron chi connectivity index (χ4n) is 1.64. The van der Waals surface area contributed by atoms with Gasteiger partial charge in [0, 0.05) is 24.2 Å². The van der Waals surface area contributed by atoms with Gasteiger partial charge in [0.05, 0.1) is 6.04 Å². The summed E-state index contributed by atoms with van der Waals surface area (Å²) in [6.45, 7) is 1.95. The van der Waals surface area contributed by atoms with Gasteiger partial charge in [-0.15, -0.1) is 11.8 Å². The molecule has 2 aliphatic rings. The van der Waals surface area contributed by atoms with Crippen LogP contribution in [0.5, 0.6) is 0 Å². The Balaban J connectivity index is 1.76. The second kappa shape index (κ2) is 4.30. The summed E-state index contributed by atoms with van der Waals surface area (Å²) in [5, 5.41) is 9.43. The Morgan fingerprint density at radius 1 is 1.54 bits per heavy atom. The first-order chi connectivity index (χ1) is 6.36. The number of nitrogens with one attached hydrogen (secondary N) is 3. The summed E-state index contributed by atoms with van der Waals surface area (Å²) in [5.74, 6) is 1.98. The van der Waals surface area contributed by atoms with Crippen LogP contribution >= 0.6 is 11.8 Å². The van der Waals surface area contributed by atoms with Crippen molar-refractivity contribution in [1.82, 2.24) is 16.0 Å². The van der Waals surface area contributed by atoms with Crippen molar-refractivity contribution in [2.75, 3.05) is 24.7 Å². The molecule has 2 saturated heterocycles. The van der Waals surface area contributed by atoms with E-state index in [0.717, 1.165) is 31.1 Å². The second-order valence-electron chi connectivity index (χ2n) is 3.47. The Bertz CT molecular complexity index is 188. The Morgan fingerprint density at radius 3 is 3.08 bits per heavy atom. The van der Waals surface area contributed by atoms with Crippen LogP contribution in [-0.4, -0.2) is 42.7 Å². The molecule has 3 N–H and O–H groups in total. The molecule has 4 nitrogen and oxygen atoms in total. The maximum Gasteiger partial charge on any atom is 0.238 e. The van der Waals surface area contributed by atoms with Gasteiger partial charge in [-0.2, -0.15) is 0 Å². The molecule has 2 heterocycles. The van der Waals surface area contributed by atoms with Crippen molar-refractivity contribution in [2.24, 2.45) is 0 Å². The number of rotatable bonds is 2. The average molecular weight is 201 g/mol. The van der Waals surface area contributed by atoms with E-state index in [2.05, 4.69) is 16.0 Å². The summed E-state index contributed by atoms with van der Waals surface area (Å²) in [6, 6.07) is 0.380. The highest BCUT2D eigenvalue weighted by Crippen LogP contribution is 2.10. The third-order valence-electron chi connectivity index (χ3n) is 2.44. The van der Waals surface area contributed by atoms with E-state index in [1.54, 1.807) is 11.8 Å². The predicted molar refractivity (Wildman–Crippen MR) is 53.7 cm³/mol. The Morgan fingerprint density at radius 2 is 2.46 bits per heavy atom. The number of carbonyl (C=O) groups is 1. The Hall–Kier alpha value is -0.260. The molecule has 0 bridgehead atoms. The molecule has 0 aromatic carbocycles. The molecular formula is C8H15N3OS. The van der Waals surface area contributed by atoms with Gasteiger partial charge in [0.2, 0.25) is 5.91 Å². The molecular weight excluding hydrogens is 186 g/mol. The van der Waals surface area contributed by atoms with E-state index in [9.17, 15) is 4.79 Å². The monoisotopic (exact) mass is 201 g/mol. The van der Waals surface area contributed by atoms with Crippen molar-refractivity contribution >= 4 is 17.7 Å². The fourth-order valence-corrected chi connectivity index (χ4v) is 2.59. The van der Waals surface area contributed by atoms with Crippen LogP contribution in [0.2, 0.25) is 0 Å². The first kappa shape index (κ1) is 9.30. The minimum absolute atomic E-state index is 0.0330. The average Bonchev–Trinajstić information content (AvgIpc) is 2.74. The SMILES string of the molecule is O=C(NC1CCNC1)[C@H]1CSCN1. The van der Waals surface area contributed by atoms with Crippen LogP contribution in [0.25, 0.3) is 0 Å². The zero-order valence-corrected chi connectivity index (χ0v) is 8.32. The third-order valence-corrected chi connectivity index (χ3v) is 3.38. The molecule has 74 valence electrons. The molecule has 13 heavy (non-hydrogen) atoms. The highest BCUT2D eigenvalue weighted by molar-refractivity contribution is 7.99. The Kier molecular flexibility index (Phi) is 3.08. The lowest BCUT2D eigenvalue weighted by atomic mass is 10.2. The van der Waals surface area contributed by atoms with E-state index in [4.69, 9.17) is 0 Å². The van der Waals surface area contributed by atoms with Crippen molar-refractivity contribution in [1.29, 1.82) is 0 Å². The lowest BCUT2D eigenvalue weighted by Crippen LogP contribution is -2.46. The van der Waals surface area contributed by atoms with Crippen molar-refractivity contribution < 1.29 is 4.79 Å².